The quantitative estimate of drug-likeness (QED) is 0.593. The molecule has 0 aromatic heterocycles. The molecule has 0 spiro atoms. The van der Waals surface area contributed by atoms with Crippen LogP contribution in [0.15, 0.2) is 30.8 Å². The predicted octanol–water partition coefficient (Wildman–Crippen LogP) is 1.65. The van der Waals surface area contributed by atoms with E-state index in [4.69, 9.17) is 0 Å². The summed E-state index contributed by atoms with van der Waals surface area (Å²) in [5, 5.41) is 10.5. The number of sulfone groups is 1. The van der Waals surface area contributed by atoms with Gasteiger partial charge in [0.05, 0.1) is 10.7 Å². The Morgan fingerprint density at radius 2 is 2.12 bits per heavy atom. The van der Waals surface area contributed by atoms with E-state index in [0.717, 1.165) is 6.26 Å². The molecule has 0 saturated heterocycles. The van der Waals surface area contributed by atoms with Crippen molar-refractivity contribution in [3.8, 4) is 0 Å². The maximum Gasteiger partial charge on any atom is 0.270 e. The van der Waals surface area contributed by atoms with Crippen LogP contribution in [-0.2, 0) is 9.84 Å². The number of benzene rings is 1. The van der Waals surface area contributed by atoms with Gasteiger partial charge in [0.1, 0.15) is 0 Å². The fourth-order valence-electron chi connectivity index (χ4n) is 1.24. The normalized spacial score (nSPS) is 11.1. The Kier molecular flexibility index (Phi) is 3.44. The van der Waals surface area contributed by atoms with Crippen molar-refractivity contribution < 1.29 is 13.3 Å². The summed E-state index contributed by atoms with van der Waals surface area (Å²) in [6.07, 6.45) is 1.09. The molecule has 0 atom stereocenters. The molecule has 1 aromatic carbocycles. The lowest BCUT2D eigenvalue weighted by Gasteiger charge is -2.03. The summed E-state index contributed by atoms with van der Waals surface area (Å²) in [6.45, 7) is 3.61. The van der Waals surface area contributed by atoms with E-state index in [1.54, 1.807) is 6.07 Å². The molecule has 0 aliphatic rings. The van der Waals surface area contributed by atoms with E-state index in [-0.39, 0.29) is 11.4 Å². The number of hydrogen-bond acceptors (Lipinski definition) is 4. The van der Waals surface area contributed by atoms with Crippen molar-refractivity contribution in [3.63, 3.8) is 0 Å². The molecular formula is C10H11NO4S. The molecule has 0 radical (unpaired) electrons. The Morgan fingerprint density at radius 3 is 2.62 bits per heavy atom. The molecule has 1 aromatic rings. The minimum Gasteiger partial charge on any atom is -0.258 e. The van der Waals surface area contributed by atoms with Crippen molar-refractivity contribution in [2.45, 2.75) is 0 Å². The maximum absolute atomic E-state index is 11.0. The van der Waals surface area contributed by atoms with E-state index in [1.165, 1.54) is 18.2 Å². The van der Waals surface area contributed by atoms with Gasteiger partial charge in [-0.3, -0.25) is 10.1 Å². The van der Waals surface area contributed by atoms with Gasteiger partial charge in [-0.05, 0) is 11.1 Å². The van der Waals surface area contributed by atoms with Gasteiger partial charge in [0.15, 0.2) is 9.84 Å². The first-order valence-corrected chi connectivity index (χ1v) is 6.46. The summed E-state index contributed by atoms with van der Waals surface area (Å²) in [6, 6.07) is 5.76. The van der Waals surface area contributed by atoms with Gasteiger partial charge < -0.3 is 0 Å². The van der Waals surface area contributed by atoms with E-state index >= 15 is 0 Å². The predicted molar refractivity (Wildman–Crippen MR) is 61.8 cm³/mol. The van der Waals surface area contributed by atoms with Crippen LogP contribution in [0.2, 0.25) is 0 Å². The monoisotopic (exact) mass is 241 g/mol. The van der Waals surface area contributed by atoms with Crippen molar-refractivity contribution in [1.82, 2.24) is 0 Å². The third kappa shape index (κ3) is 3.47. The van der Waals surface area contributed by atoms with Crippen molar-refractivity contribution in [1.29, 1.82) is 0 Å². The van der Waals surface area contributed by atoms with E-state index in [0.29, 0.717) is 11.1 Å². The lowest BCUT2D eigenvalue weighted by molar-refractivity contribution is -0.384. The van der Waals surface area contributed by atoms with Crippen LogP contribution < -0.4 is 0 Å². The zero-order valence-electron chi connectivity index (χ0n) is 8.71. The van der Waals surface area contributed by atoms with E-state index in [1.807, 2.05) is 0 Å². The standard InChI is InChI=1S/C10H11NO4S/c1-8(7-16(2,14)15)9-4-3-5-10(6-9)11(12)13/h3-6H,1,7H2,2H3. The van der Waals surface area contributed by atoms with Crippen LogP contribution in [0, 0.1) is 10.1 Å². The lowest BCUT2D eigenvalue weighted by Crippen LogP contribution is -2.04. The van der Waals surface area contributed by atoms with Crippen LogP contribution in [-0.4, -0.2) is 25.3 Å². The molecule has 0 fully saturated rings. The van der Waals surface area contributed by atoms with Crippen LogP contribution in [0.25, 0.3) is 5.57 Å². The van der Waals surface area contributed by atoms with Crippen molar-refractivity contribution >= 4 is 21.1 Å². The number of nitrogens with zero attached hydrogens (tertiary/aromatic N) is 1. The number of rotatable bonds is 4. The van der Waals surface area contributed by atoms with Crippen LogP contribution in [0.1, 0.15) is 5.56 Å². The molecule has 0 aliphatic carbocycles. The van der Waals surface area contributed by atoms with E-state index < -0.39 is 14.8 Å². The van der Waals surface area contributed by atoms with Crippen molar-refractivity contribution in [2.75, 3.05) is 12.0 Å². The molecule has 5 nitrogen and oxygen atoms in total. The topological polar surface area (TPSA) is 77.3 Å². The summed E-state index contributed by atoms with van der Waals surface area (Å²) in [5.41, 5.74) is 0.748. The summed E-state index contributed by atoms with van der Waals surface area (Å²) in [4.78, 5) is 9.99. The Morgan fingerprint density at radius 1 is 1.50 bits per heavy atom. The molecule has 0 aliphatic heterocycles. The van der Waals surface area contributed by atoms with E-state index in [2.05, 4.69) is 6.58 Å². The second kappa shape index (κ2) is 4.44. The highest BCUT2D eigenvalue weighted by atomic mass is 32.2. The maximum atomic E-state index is 11.0. The highest BCUT2D eigenvalue weighted by molar-refractivity contribution is 7.91. The van der Waals surface area contributed by atoms with Gasteiger partial charge in [0, 0.05) is 18.4 Å². The second-order valence-corrected chi connectivity index (χ2v) is 5.62. The highest BCUT2D eigenvalue weighted by Crippen LogP contribution is 2.19. The summed E-state index contributed by atoms with van der Waals surface area (Å²) in [5.74, 6) is -0.200. The molecule has 0 unspecified atom stereocenters. The van der Waals surface area contributed by atoms with E-state index in [9.17, 15) is 18.5 Å². The minimum absolute atomic E-state index is 0.0767. The average Bonchev–Trinajstić information content (AvgIpc) is 2.15. The molecule has 6 heteroatoms. The SMILES string of the molecule is C=C(CS(C)(=O)=O)c1cccc([N+](=O)[O-])c1. The smallest absolute Gasteiger partial charge is 0.258 e. The molecule has 0 bridgehead atoms. The molecular weight excluding hydrogens is 230 g/mol. The number of nitro benzene ring substituents is 1. The first-order valence-electron chi connectivity index (χ1n) is 4.40. The van der Waals surface area contributed by atoms with Crippen LogP contribution in [0.5, 0.6) is 0 Å². The minimum atomic E-state index is -3.17. The van der Waals surface area contributed by atoms with Gasteiger partial charge in [0.25, 0.3) is 5.69 Å². The third-order valence-corrected chi connectivity index (χ3v) is 2.77. The van der Waals surface area contributed by atoms with Crippen LogP contribution >= 0.6 is 0 Å². The Labute approximate surface area is 93.5 Å². The second-order valence-electron chi connectivity index (χ2n) is 3.48. The number of non-ortho nitro benzene ring substituents is 1. The third-order valence-electron chi connectivity index (χ3n) is 1.90. The molecule has 0 N–H and O–H groups in total. The molecule has 16 heavy (non-hydrogen) atoms. The van der Waals surface area contributed by atoms with Gasteiger partial charge in [-0.15, -0.1) is 0 Å². The van der Waals surface area contributed by atoms with Crippen LogP contribution in [0.3, 0.4) is 0 Å². The largest absolute Gasteiger partial charge is 0.270 e. The molecule has 1 rings (SSSR count). The molecule has 86 valence electrons. The number of nitro groups is 1. The van der Waals surface area contributed by atoms with Crippen molar-refractivity contribution in [3.05, 3.63) is 46.5 Å². The summed E-state index contributed by atoms with van der Waals surface area (Å²) < 4.78 is 22.1. The van der Waals surface area contributed by atoms with Gasteiger partial charge in [-0.1, -0.05) is 18.7 Å². The first kappa shape index (κ1) is 12.4. The fraction of sp³-hybridized carbons (Fsp3) is 0.200. The zero-order chi connectivity index (χ0) is 12.3. The fourth-order valence-corrected chi connectivity index (χ4v) is 2.04. The molecule has 0 saturated carbocycles. The van der Waals surface area contributed by atoms with Gasteiger partial charge >= 0.3 is 0 Å². The summed E-state index contributed by atoms with van der Waals surface area (Å²) in [7, 11) is -3.17. The van der Waals surface area contributed by atoms with Gasteiger partial charge in [-0.25, -0.2) is 8.42 Å². The number of hydrogen-bond donors (Lipinski definition) is 0. The van der Waals surface area contributed by atoms with Crippen molar-refractivity contribution in [2.24, 2.45) is 0 Å². The summed E-state index contributed by atoms with van der Waals surface area (Å²) >= 11 is 0. The first-order chi connectivity index (χ1) is 7.29. The highest BCUT2D eigenvalue weighted by Gasteiger charge is 2.11. The van der Waals surface area contributed by atoms with Crippen LogP contribution in [0.4, 0.5) is 5.69 Å². The van der Waals surface area contributed by atoms with Gasteiger partial charge in [0.2, 0.25) is 0 Å². The average molecular weight is 241 g/mol. The molecule has 0 heterocycles. The van der Waals surface area contributed by atoms with Gasteiger partial charge in [-0.2, -0.15) is 0 Å². The lowest BCUT2D eigenvalue weighted by atomic mass is 10.1. The Balaban J connectivity index is 3.01. The Hall–Kier alpha value is -1.69. The molecule has 0 amide bonds. The zero-order valence-corrected chi connectivity index (χ0v) is 9.53. The Bertz CT molecular complexity index is 534.